The summed E-state index contributed by atoms with van der Waals surface area (Å²) in [6, 6.07) is 7.09. The Kier molecular flexibility index (Phi) is 5.46. The lowest BCUT2D eigenvalue weighted by Gasteiger charge is -2.37. The zero-order valence-corrected chi connectivity index (χ0v) is 17.4. The van der Waals surface area contributed by atoms with E-state index in [0.29, 0.717) is 24.9 Å². The molecule has 4 rings (SSSR count). The maximum Gasteiger partial charge on any atom is 0.331 e. The molecule has 2 aromatic heterocycles. The van der Waals surface area contributed by atoms with Gasteiger partial charge in [0.2, 0.25) is 0 Å². The molecule has 30 heavy (non-hydrogen) atoms. The highest BCUT2D eigenvalue weighted by Crippen LogP contribution is 2.38. The molecule has 2 aliphatic rings. The van der Waals surface area contributed by atoms with Gasteiger partial charge in [-0.25, -0.2) is 9.78 Å². The highest BCUT2D eigenvalue weighted by atomic mass is 16.5. The Morgan fingerprint density at radius 2 is 1.87 bits per heavy atom. The summed E-state index contributed by atoms with van der Waals surface area (Å²) in [4.78, 5) is 43.5. The molecule has 4 atom stereocenters. The minimum absolute atomic E-state index is 0.0247. The molecule has 1 N–H and O–H groups in total. The first-order valence-electron chi connectivity index (χ1n) is 10.2. The van der Waals surface area contributed by atoms with Crippen LogP contribution in [0, 0.1) is 11.8 Å². The van der Waals surface area contributed by atoms with E-state index in [1.54, 1.807) is 18.2 Å². The van der Waals surface area contributed by atoms with E-state index in [-0.39, 0.29) is 23.7 Å². The van der Waals surface area contributed by atoms with Gasteiger partial charge in [0.05, 0.1) is 12.1 Å². The number of nitrogens with one attached hydrogen (secondary N) is 1. The minimum Gasteiger partial charge on any atom is -0.379 e. The van der Waals surface area contributed by atoms with Crippen molar-refractivity contribution >= 4 is 11.7 Å². The van der Waals surface area contributed by atoms with Gasteiger partial charge in [0.1, 0.15) is 11.5 Å². The summed E-state index contributed by atoms with van der Waals surface area (Å²) in [5, 5.41) is 3.47. The Balaban J connectivity index is 1.51. The first kappa shape index (κ1) is 20.3. The number of likely N-dealkylation sites (tertiary alicyclic amines) is 1. The van der Waals surface area contributed by atoms with Gasteiger partial charge in [-0.2, -0.15) is 0 Å². The topological polar surface area (TPSA) is 98.5 Å². The van der Waals surface area contributed by atoms with Gasteiger partial charge in [0, 0.05) is 46.6 Å². The molecular formula is C21H27N5O4. The maximum absolute atomic E-state index is 13.1. The van der Waals surface area contributed by atoms with Crippen LogP contribution in [0.1, 0.15) is 23.3 Å². The quantitative estimate of drug-likeness (QED) is 0.782. The molecule has 0 bridgehead atoms. The van der Waals surface area contributed by atoms with E-state index in [2.05, 4.69) is 10.3 Å². The normalized spacial score (nSPS) is 25.8. The van der Waals surface area contributed by atoms with Gasteiger partial charge in [0.25, 0.3) is 11.5 Å². The van der Waals surface area contributed by atoms with E-state index in [1.807, 2.05) is 18.2 Å². The number of hydrogen-bond acceptors (Lipinski definition) is 6. The van der Waals surface area contributed by atoms with Crippen LogP contribution < -0.4 is 16.6 Å². The standard InChI is InChI=1S/C21H27N5O4/c1-24-16(10-19(27)25(2)21(24)29)20(28)26-11-13-8-15(17(30-3)9-14(13)12-26)23-18-6-4-5-7-22-18/h4-7,10,13-15,17H,8-9,11-12H2,1-3H3,(H,22,23)/t13-,14+,15-,17-/m1/s1. The number of ether oxygens (including phenoxy) is 1. The summed E-state index contributed by atoms with van der Waals surface area (Å²) in [6.07, 6.45) is 3.47. The van der Waals surface area contributed by atoms with Gasteiger partial charge in [0.15, 0.2) is 0 Å². The summed E-state index contributed by atoms with van der Waals surface area (Å²) < 4.78 is 7.99. The fraction of sp³-hybridized carbons (Fsp3) is 0.524. The van der Waals surface area contributed by atoms with Crippen molar-refractivity contribution in [2.75, 3.05) is 25.5 Å². The molecule has 160 valence electrons. The van der Waals surface area contributed by atoms with E-state index < -0.39 is 11.2 Å². The molecular weight excluding hydrogens is 386 g/mol. The van der Waals surface area contributed by atoms with Crippen molar-refractivity contribution in [1.29, 1.82) is 0 Å². The van der Waals surface area contributed by atoms with Crippen LogP contribution in [0.3, 0.4) is 0 Å². The van der Waals surface area contributed by atoms with E-state index in [4.69, 9.17) is 4.74 Å². The van der Waals surface area contributed by atoms with Crippen LogP contribution in [0.5, 0.6) is 0 Å². The summed E-state index contributed by atoms with van der Waals surface area (Å²) in [6.45, 7) is 1.20. The van der Waals surface area contributed by atoms with Crippen molar-refractivity contribution in [2.24, 2.45) is 25.9 Å². The molecule has 2 fully saturated rings. The average molecular weight is 413 g/mol. The van der Waals surface area contributed by atoms with E-state index >= 15 is 0 Å². The maximum atomic E-state index is 13.1. The lowest BCUT2D eigenvalue weighted by molar-refractivity contribution is 0.0304. The average Bonchev–Trinajstić information content (AvgIpc) is 3.17. The lowest BCUT2D eigenvalue weighted by Crippen LogP contribution is -2.44. The first-order valence-corrected chi connectivity index (χ1v) is 10.2. The highest BCUT2D eigenvalue weighted by Gasteiger charge is 2.44. The van der Waals surface area contributed by atoms with Gasteiger partial charge in [-0.15, -0.1) is 0 Å². The van der Waals surface area contributed by atoms with Crippen molar-refractivity contribution < 1.29 is 9.53 Å². The Labute approximate surface area is 174 Å². The molecule has 1 saturated heterocycles. The molecule has 0 unspecified atom stereocenters. The van der Waals surface area contributed by atoms with Gasteiger partial charge < -0.3 is 15.0 Å². The van der Waals surface area contributed by atoms with Crippen LogP contribution in [0.15, 0.2) is 40.1 Å². The SMILES string of the molecule is CO[C@@H]1C[C@H]2CN(C(=O)c3cc(=O)n(C)c(=O)n3C)C[C@H]2C[C@H]1Nc1ccccn1. The molecule has 3 heterocycles. The minimum atomic E-state index is -0.499. The number of nitrogens with zero attached hydrogens (tertiary/aromatic N) is 4. The van der Waals surface area contributed by atoms with Crippen molar-refractivity contribution in [3.63, 3.8) is 0 Å². The number of rotatable bonds is 4. The number of hydrogen-bond donors (Lipinski definition) is 1. The Morgan fingerprint density at radius 3 is 2.53 bits per heavy atom. The molecule has 2 aromatic rings. The van der Waals surface area contributed by atoms with Crippen molar-refractivity contribution in [2.45, 2.75) is 25.0 Å². The highest BCUT2D eigenvalue weighted by molar-refractivity contribution is 5.92. The van der Waals surface area contributed by atoms with Gasteiger partial charge >= 0.3 is 5.69 Å². The second-order valence-electron chi connectivity index (χ2n) is 8.21. The fourth-order valence-electron chi connectivity index (χ4n) is 4.73. The summed E-state index contributed by atoms with van der Waals surface area (Å²) in [5.41, 5.74) is -0.841. The number of aromatic nitrogens is 3. The van der Waals surface area contributed by atoms with Crippen molar-refractivity contribution in [3.8, 4) is 0 Å². The first-order chi connectivity index (χ1) is 14.4. The van der Waals surface area contributed by atoms with Crippen molar-refractivity contribution in [3.05, 3.63) is 57.0 Å². The molecule has 0 radical (unpaired) electrons. The number of amides is 1. The zero-order valence-electron chi connectivity index (χ0n) is 17.4. The monoisotopic (exact) mass is 413 g/mol. The van der Waals surface area contributed by atoms with Crippen LogP contribution in [0.2, 0.25) is 0 Å². The Bertz CT molecular complexity index is 1050. The van der Waals surface area contributed by atoms with Gasteiger partial charge in [-0.1, -0.05) is 6.07 Å². The molecule has 9 heteroatoms. The number of carbonyl (C=O) groups excluding carboxylic acids is 1. The summed E-state index contributed by atoms with van der Waals surface area (Å²) in [5.74, 6) is 1.18. The third-order valence-electron chi connectivity index (χ3n) is 6.45. The number of anilines is 1. The number of pyridine rings is 1. The smallest absolute Gasteiger partial charge is 0.331 e. The lowest BCUT2D eigenvalue weighted by atomic mass is 9.77. The molecule has 1 aliphatic heterocycles. The molecule has 1 saturated carbocycles. The van der Waals surface area contributed by atoms with E-state index in [0.717, 1.165) is 23.2 Å². The number of fused-ring (bicyclic) bond motifs is 1. The second-order valence-corrected chi connectivity index (χ2v) is 8.21. The Hall–Kier alpha value is -2.94. The predicted octanol–water partition coefficient (Wildman–Crippen LogP) is 0.457. The molecule has 9 nitrogen and oxygen atoms in total. The van der Waals surface area contributed by atoms with Gasteiger partial charge in [-0.05, 0) is 36.8 Å². The molecule has 1 amide bonds. The summed E-state index contributed by atoms with van der Waals surface area (Å²) >= 11 is 0. The number of carbonyl (C=O) groups is 1. The fourth-order valence-corrected chi connectivity index (χ4v) is 4.73. The van der Waals surface area contributed by atoms with Crippen molar-refractivity contribution in [1.82, 2.24) is 19.0 Å². The third-order valence-corrected chi connectivity index (χ3v) is 6.45. The zero-order chi connectivity index (χ0) is 21.4. The number of methoxy groups -OCH3 is 1. The second kappa shape index (κ2) is 8.06. The van der Waals surface area contributed by atoms with Gasteiger partial charge in [-0.3, -0.25) is 18.7 Å². The van der Waals surface area contributed by atoms with Crippen LogP contribution in [-0.2, 0) is 18.8 Å². The van der Waals surface area contributed by atoms with Crippen LogP contribution in [-0.4, -0.2) is 57.3 Å². The Morgan fingerprint density at radius 1 is 1.13 bits per heavy atom. The van der Waals surface area contributed by atoms with Crippen LogP contribution in [0.25, 0.3) is 0 Å². The molecule has 0 aromatic carbocycles. The van der Waals surface area contributed by atoms with Crippen LogP contribution >= 0.6 is 0 Å². The molecule has 1 aliphatic carbocycles. The molecule has 0 spiro atoms. The third kappa shape index (κ3) is 3.65. The van der Waals surface area contributed by atoms with E-state index in [1.165, 1.54) is 24.7 Å². The predicted molar refractivity (Wildman–Crippen MR) is 111 cm³/mol. The van der Waals surface area contributed by atoms with E-state index in [9.17, 15) is 14.4 Å². The summed E-state index contributed by atoms with van der Waals surface area (Å²) in [7, 11) is 4.64. The largest absolute Gasteiger partial charge is 0.379 e. The van der Waals surface area contributed by atoms with Crippen LogP contribution in [0.4, 0.5) is 5.82 Å².